The monoisotopic (exact) mass is 406 g/mol. The highest BCUT2D eigenvalue weighted by atomic mass is 16.3. The molecule has 0 spiro atoms. The summed E-state index contributed by atoms with van der Waals surface area (Å²) in [6, 6.07) is 13.5. The van der Waals surface area contributed by atoms with Crippen LogP contribution in [0.5, 0.6) is 0 Å². The molecule has 0 bridgehead atoms. The van der Waals surface area contributed by atoms with Crippen molar-refractivity contribution < 1.29 is 24.6 Å². The molecule has 2 heterocycles. The number of para-hydroxylation sites is 2. The lowest BCUT2D eigenvalue weighted by atomic mass is 9.70. The topological polar surface area (TPSA) is 116 Å². The zero-order chi connectivity index (χ0) is 21.1. The molecule has 4 atom stereocenters. The van der Waals surface area contributed by atoms with Crippen LogP contribution in [0.15, 0.2) is 48.5 Å². The van der Waals surface area contributed by atoms with E-state index < -0.39 is 40.6 Å². The van der Waals surface area contributed by atoms with Crippen molar-refractivity contribution in [2.24, 2.45) is 11.8 Å². The van der Waals surface area contributed by atoms with Crippen LogP contribution in [0, 0.1) is 11.8 Å². The summed E-state index contributed by atoms with van der Waals surface area (Å²) < 4.78 is 0. The van der Waals surface area contributed by atoms with E-state index in [1.54, 1.807) is 48.5 Å². The van der Waals surface area contributed by atoms with E-state index in [0.29, 0.717) is 48.2 Å². The molecule has 154 valence electrons. The van der Waals surface area contributed by atoms with Gasteiger partial charge in [-0.25, -0.2) is 0 Å². The van der Waals surface area contributed by atoms with Gasteiger partial charge in [-0.15, -0.1) is 0 Å². The molecule has 1 aliphatic carbocycles. The summed E-state index contributed by atoms with van der Waals surface area (Å²) >= 11 is 0. The number of anilines is 2. The number of nitrogens with one attached hydrogen (secondary N) is 2. The Bertz CT molecular complexity index is 999. The molecule has 7 nitrogen and oxygen atoms in total. The Morgan fingerprint density at radius 3 is 1.53 bits per heavy atom. The average Bonchev–Trinajstić information content (AvgIpc) is 3.04. The van der Waals surface area contributed by atoms with Gasteiger partial charge in [-0.3, -0.25) is 14.4 Å². The number of carbonyl (C=O) groups excluding carboxylic acids is 3. The fourth-order valence-electron chi connectivity index (χ4n) is 5.27. The predicted molar refractivity (Wildman–Crippen MR) is 108 cm³/mol. The van der Waals surface area contributed by atoms with Crippen molar-refractivity contribution in [3.8, 4) is 0 Å². The molecule has 5 rings (SSSR count). The second-order valence-corrected chi connectivity index (χ2v) is 8.32. The van der Waals surface area contributed by atoms with E-state index >= 15 is 0 Å². The van der Waals surface area contributed by atoms with Crippen molar-refractivity contribution in [3.05, 3.63) is 59.7 Å². The third-order valence-electron chi connectivity index (χ3n) is 6.80. The number of aliphatic hydroxyl groups is 2. The fourth-order valence-corrected chi connectivity index (χ4v) is 5.27. The van der Waals surface area contributed by atoms with Crippen molar-refractivity contribution in [2.45, 2.75) is 36.9 Å². The summed E-state index contributed by atoms with van der Waals surface area (Å²) in [4.78, 5) is 39.4. The molecule has 30 heavy (non-hydrogen) atoms. The van der Waals surface area contributed by atoms with Gasteiger partial charge in [0.05, 0.1) is 11.8 Å². The van der Waals surface area contributed by atoms with Crippen LogP contribution in [0.4, 0.5) is 11.4 Å². The molecular weight excluding hydrogens is 384 g/mol. The van der Waals surface area contributed by atoms with Crippen molar-refractivity contribution in [2.75, 3.05) is 10.6 Å². The van der Waals surface area contributed by atoms with E-state index in [-0.39, 0.29) is 0 Å². The quantitative estimate of drug-likeness (QED) is 0.570. The highest BCUT2D eigenvalue weighted by Crippen LogP contribution is 2.50. The van der Waals surface area contributed by atoms with Crippen molar-refractivity contribution in [1.29, 1.82) is 0 Å². The Morgan fingerprint density at radius 1 is 0.700 bits per heavy atom. The highest BCUT2D eigenvalue weighted by molar-refractivity contribution is 6.11. The lowest BCUT2D eigenvalue weighted by molar-refractivity contribution is -0.159. The first-order valence-corrected chi connectivity index (χ1v) is 10.2. The Morgan fingerprint density at radius 2 is 1.10 bits per heavy atom. The van der Waals surface area contributed by atoms with Crippen LogP contribution in [0.1, 0.15) is 36.8 Å². The molecule has 1 saturated carbocycles. The highest BCUT2D eigenvalue weighted by Gasteiger charge is 2.60. The van der Waals surface area contributed by atoms with Crippen molar-refractivity contribution >= 4 is 29.0 Å². The fraction of sp³-hybridized carbons (Fsp3) is 0.348. The lowest BCUT2D eigenvalue weighted by Crippen LogP contribution is -2.52. The van der Waals surface area contributed by atoms with Gasteiger partial charge in [-0.2, -0.15) is 0 Å². The first kappa shape index (κ1) is 19.0. The summed E-state index contributed by atoms with van der Waals surface area (Å²) in [6.07, 6.45) is 1.80. The number of amides is 2. The largest absolute Gasteiger partial charge is 0.375 e. The van der Waals surface area contributed by atoms with E-state index in [4.69, 9.17) is 0 Å². The van der Waals surface area contributed by atoms with E-state index in [0.717, 1.165) is 0 Å². The minimum Gasteiger partial charge on any atom is -0.375 e. The number of hydrogen-bond acceptors (Lipinski definition) is 5. The van der Waals surface area contributed by atoms with Gasteiger partial charge in [0.15, 0.2) is 11.2 Å². The van der Waals surface area contributed by atoms with E-state index in [2.05, 4.69) is 10.6 Å². The number of carbonyl (C=O) groups is 3. The summed E-state index contributed by atoms with van der Waals surface area (Å²) in [6.45, 7) is 0. The summed E-state index contributed by atoms with van der Waals surface area (Å²) in [5, 5.41) is 28.4. The maximum Gasteiger partial charge on any atom is 0.261 e. The minimum absolute atomic E-state index is 0.299. The molecule has 0 saturated heterocycles. The molecule has 2 aliphatic heterocycles. The Kier molecular flexibility index (Phi) is 4.10. The Hall–Kier alpha value is -3.03. The van der Waals surface area contributed by atoms with E-state index in [1.807, 2.05) is 0 Å². The molecule has 0 radical (unpaired) electrons. The first-order valence-electron chi connectivity index (χ1n) is 10.2. The van der Waals surface area contributed by atoms with Crippen molar-refractivity contribution in [3.63, 3.8) is 0 Å². The van der Waals surface area contributed by atoms with Crippen LogP contribution in [-0.2, 0) is 25.6 Å². The normalized spacial score (nSPS) is 32.8. The van der Waals surface area contributed by atoms with Gasteiger partial charge in [0.1, 0.15) is 5.78 Å². The molecule has 7 heteroatoms. The summed E-state index contributed by atoms with van der Waals surface area (Å²) in [7, 11) is 0. The maximum absolute atomic E-state index is 13.8. The van der Waals surface area contributed by atoms with Crippen molar-refractivity contribution in [1.82, 2.24) is 0 Å². The zero-order valence-corrected chi connectivity index (χ0v) is 16.2. The lowest BCUT2D eigenvalue weighted by Gasteiger charge is -2.35. The molecule has 0 aromatic heterocycles. The van der Waals surface area contributed by atoms with Crippen LogP contribution >= 0.6 is 0 Å². The van der Waals surface area contributed by atoms with Gasteiger partial charge in [0, 0.05) is 22.5 Å². The van der Waals surface area contributed by atoms with Gasteiger partial charge in [0.25, 0.3) is 11.8 Å². The summed E-state index contributed by atoms with van der Waals surface area (Å²) in [5.74, 6) is -3.87. The Labute approximate surface area is 173 Å². The van der Waals surface area contributed by atoms with Crippen LogP contribution < -0.4 is 10.6 Å². The van der Waals surface area contributed by atoms with Gasteiger partial charge < -0.3 is 20.8 Å². The molecule has 2 aromatic rings. The standard InChI is InChI=1S/C23H22N2O5/c26-19-15(22(29)13-7-3-5-11-17(13)24-20(22)27)9-1-2-10-16(19)23(30)14-8-4-6-12-18(14)25-21(23)28/h3-8,11-12,15-16,29-30H,1-2,9-10H2,(H,24,27)(H,25,28)/t15-,16-,22+,23+/m0/s1. The van der Waals surface area contributed by atoms with Gasteiger partial charge >= 0.3 is 0 Å². The third kappa shape index (κ3) is 2.36. The van der Waals surface area contributed by atoms with Gasteiger partial charge in [-0.05, 0) is 25.0 Å². The number of fused-ring (bicyclic) bond motifs is 2. The van der Waals surface area contributed by atoms with Crippen LogP contribution in [-0.4, -0.2) is 27.8 Å². The number of hydrogen-bond donors (Lipinski definition) is 4. The van der Waals surface area contributed by atoms with E-state index in [9.17, 15) is 24.6 Å². The average molecular weight is 406 g/mol. The predicted octanol–water partition coefficient (Wildman–Crippen LogP) is 2.04. The molecule has 3 aliphatic rings. The molecule has 2 aromatic carbocycles. The zero-order valence-electron chi connectivity index (χ0n) is 16.2. The molecule has 0 unspecified atom stereocenters. The molecule has 1 fully saturated rings. The smallest absolute Gasteiger partial charge is 0.261 e. The summed E-state index contributed by atoms with van der Waals surface area (Å²) in [5.41, 5.74) is -2.39. The molecule has 2 amide bonds. The number of benzene rings is 2. The number of rotatable bonds is 2. The maximum atomic E-state index is 13.8. The third-order valence-corrected chi connectivity index (χ3v) is 6.80. The van der Waals surface area contributed by atoms with E-state index in [1.165, 1.54) is 0 Å². The van der Waals surface area contributed by atoms with Crippen LogP contribution in [0.3, 0.4) is 0 Å². The minimum atomic E-state index is -2.03. The second-order valence-electron chi connectivity index (χ2n) is 8.32. The first-order chi connectivity index (χ1) is 14.4. The SMILES string of the molecule is O=C1[C@@H]([C@@]2(O)C(=O)Nc3ccccc32)CCCC[C@@H]1[C@@]1(O)C(=O)Nc2ccccc21. The van der Waals surface area contributed by atoms with Crippen LogP contribution in [0.2, 0.25) is 0 Å². The second kappa shape index (κ2) is 6.48. The number of ketones is 1. The van der Waals surface area contributed by atoms with Gasteiger partial charge in [-0.1, -0.05) is 49.2 Å². The van der Waals surface area contributed by atoms with Crippen LogP contribution in [0.25, 0.3) is 0 Å². The molecular formula is C23H22N2O5. The molecule has 4 N–H and O–H groups in total. The number of Topliss-reactive ketones (excluding diaryl/α,β-unsaturated/α-hetero) is 1. The Balaban J connectivity index is 1.60. The van der Waals surface area contributed by atoms with Gasteiger partial charge in [0.2, 0.25) is 0 Å².